The van der Waals surface area contributed by atoms with Crippen LogP contribution >= 0.6 is 0 Å². The van der Waals surface area contributed by atoms with Crippen molar-refractivity contribution in [1.82, 2.24) is 5.32 Å². The normalized spacial score (nSPS) is 13.0. The van der Waals surface area contributed by atoms with Crippen molar-refractivity contribution in [2.45, 2.75) is 4.90 Å². The number of carbonyl (C=O) groups is 1. The molecule has 10 heteroatoms. The van der Waals surface area contributed by atoms with Crippen molar-refractivity contribution in [2.24, 2.45) is 5.14 Å². The number of hydrogen-bond acceptors (Lipinski definition) is 4. The van der Waals surface area contributed by atoms with Gasteiger partial charge < -0.3 is 5.32 Å². The Morgan fingerprint density at radius 1 is 1.40 bits per heavy atom. The maximum atomic E-state index is 13.5. The maximum absolute atomic E-state index is 13.5. The number of hydrogen-bond donors (Lipinski definition) is 2. The minimum atomic E-state index is -4.27. The van der Waals surface area contributed by atoms with Gasteiger partial charge in [-0.2, -0.15) is 0 Å². The zero-order valence-corrected chi connectivity index (χ0v) is 12.0. The highest BCUT2D eigenvalue weighted by atomic mass is 32.2. The summed E-state index contributed by atoms with van der Waals surface area (Å²) in [5.41, 5.74) is -0.782. The van der Waals surface area contributed by atoms with Gasteiger partial charge in [-0.3, -0.25) is 9.00 Å². The molecule has 0 spiro atoms. The molecule has 1 aromatic carbocycles. The van der Waals surface area contributed by atoms with Gasteiger partial charge in [-0.05, 0) is 12.1 Å². The van der Waals surface area contributed by atoms with Crippen LogP contribution in [0.1, 0.15) is 10.4 Å². The van der Waals surface area contributed by atoms with E-state index in [-0.39, 0.29) is 12.3 Å². The standard InChI is InChI=1S/C10H12F2N2O4S2/c1-19(16)3-2-14-10(15)7-4-6(20(13,17)18)5-8(11)9(7)12/h4-5H,2-3H2,1H3,(H,14,15)(H2,13,17,18). The van der Waals surface area contributed by atoms with Gasteiger partial charge in [-0.25, -0.2) is 22.3 Å². The van der Waals surface area contributed by atoms with Gasteiger partial charge in [-0.15, -0.1) is 0 Å². The molecule has 1 unspecified atom stereocenters. The monoisotopic (exact) mass is 326 g/mol. The molecule has 20 heavy (non-hydrogen) atoms. The van der Waals surface area contributed by atoms with Gasteiger partial charge in [0.25, 0.3) is 5.91 Å². The summed E-state index contributed by atoms with van der Waals surface area (Å²) in [6.45, 7) is -0.0252. The minimum Gasteiger partial charge on any atom is -0.351 e. The number of halogens is 2. The third-order valence-corrected chi connectivity index (χ3v) is 3.92. The lowest BCUT2D eigenvalue weighted by atomic mass is 10.2. The number of nitrogens with one attached hydrogen (secondary N) is 1. The third kappa shape index (κ3) is 4.32. The van der Waals surface area contributed by atoms with Crippen LogP contribution in [0.4, 0.5) is 8.78 Å². The van der Waals surface area contributed by atoms with Gasteiger partial charge in [0.05, 0.1) is 10.5 Å². The average Bonchev–Trinajstić information content (AvgIpc) is 2.30. The Kier molecular flexibility index (Phi) is 5.31. The maximum Gasteiger partial charge on any atom is 0.254 e. The average molecular weight is 326 g/mol. The van der Waals surface area contributed by atoms with Gasteiger partial charge in [0.15, 0.2) is 11.6 Å². The minimum absolute atomic E-state index is 0.0252. The first kappa shape index (κ1) is 16.7. The summed E-state index contributed by atoms with van der Waals surface area (Å²) in [5.74, 6) is -3.87. The second kappa shape index (κ2) is 6.37. The second-order valence-corrected chi connectivity index (χ2v) is 6.96. The van der Waals surface area contributed by atoms with Gasteiger partial charge in [-0.1, -0.05) is 0 Å². The Morgan fingerprint density at radius 2 is 2.00 bits per heavy atom. The molecule has 0 bridgehead atoms. The molecular formula is C10H12F2N2O4S2. The quantitative estimate of drug-likeness (QED) is 0.776. The highest BCUT2D eigenvalue weighted by Crippen LogP contribution is 2.17. The highest BCUT2D eigenvalue weighted by Gasteiger charge is 2.21. The number of carbonyl (C=O) groups excluding carboxylic acids is 1. The van der Waals surface area contributed by atoms with Crippen LogP contribution in [-0.2, 0) is 20.8 Å². The summed E-state index contributed by atoms with van der Waals surface area (Å²) in [6.07, 6.45) is 1.41. The number of amides is 1. The van der Waals surface area contributed by atoms with E-state index in [1.807, 2.05) is 0 Å². The summed E-state index contributed by atoms with van der Waals surface area (Å²) in [4.78, 5) is 10.9. The molecule has 0 saturated heterocycles. The Hall–Kier alpha value is -1.39. The van der Waals surface area contributed by atoms with Crippen LogP contribution < -0.4 is 10.5 Å². The molecule has 112 valence electrons. The Balaban J connectivity index is 3.08. The lowest BCUT2D eigenvalue weighted by Gasteiger charge is -2.07. The third-order valence-electron chi connectivity index (χ3n) is 2.25. The van der Waals surface area contributed by atoms with Crippen molar-refractivity contribution in [2.75, 3.05) is 18.6 Å². The van der Waals surface area contributed by atoms with Crippen LogP contribution in [0.3, 0.4) is 0 Å². The summed E-state index contributed by atoms with van der Waals surface area (Å²) < 4.78 is 59.7. The molecule has 0 heterocycles. The molecule has 0 saturated carbocycles. The number of primary sulfonamides is 1. The predicted molar refractivity (Wildman–Crippen MR) is 69.0 cm³/mol. The molecule has 0 aliphatic heterocycles. The zero-order valence-electron chi connectivity index (χ0n) is 10.4. The molecule has 1 atom stereocenters. The van der Waals surface area contributed by atoms with Crippen molar-refractivity contribution in [3.63, 3.8) is 0 Å². The highest BCUT2D eigenvalue weighted by molar-refractivity contribution is 7.89. The van der Waals surface area contributed by atoms with Crippen LogP contribution in [0.2, 0.25) is 0 Å². The molecule has 0 radical (unpaired) electrons. The van der Waals surface area contributed by atoms with E-state index in [9.17, 15) is 26.2 Å². The topological polar surface area (TPSA) is 106 Å². The Labute approximate surface area is 116 Å². The zero-order chi connectivity index (χ0) is 15.5. The van der Waals surface area contributed by atoms with Crippen molar-refractivity contribution in [3.8, 4) is 0 Å². The molecule has 0 aliphatic carbocycles. The number of benzene rings is 1. The van der Waals surface area contributed by atoms with E-state index in [0.717, 1.165) is 0 Å². The van der Waals surface area contributed by atoms with Crippen LogP contribution in [0.25, 0.3) is 0 Å². The van der Waals surface area contributed by atoms with E-state index < -0.39 is 48.8 Å². The van der Waals surface area contributed by atoms with E-state index in [0.29, 0.717) is 12.1 Å². The first-order valence-corrected chi connectivity index (χ1v) is 8.50. The Morgan fingerprint density at radius 3 is 2.50 bits per heavy atom. The Bertz CT molecular complexity index is 661. The number of rotatable bonds is 5. The lowest BCUT2D eigenvalue weighted by Crippen LogP contribution is -2.29. The molecule has 0 aliphatic rings. The van der Waals surface area contributed by atoms with E-state index in [4.69, 9.17) is 5.14 Å². The molecule has 3 N–H and O–H groups in total. The van der Waals surface area contributed by atoms with Gasteiger partial charge in [0.2, 0.25) is 10.0 Å². The summed E-state index contributed by atoms with van der Waals surface area (Å²) in [7, 11) is -5.43. The molecule has 1 amide bonds. The molecule has 0 fully saturated rings. The van der Waals surface area contributed by atoms with Crippen molar-refractivity contribution < 1.29 is 26.2 Å². The van der Waals surface area contributed by atoms with Crippen molar-refractivity contribution in [1.29, 1.82) is 0 Å². The van der Waals surface area contributed by atoms with Gasteiger partial charge >= 0.3 is 0 Å². The fourth-order valence-corrected chi connectivity index (χ4v) is 2.24. The molecule has 0 aromatic heterocycles. The van der Waals surface area contributed by atoms with Crippen molar-refractivity contribution >= 4 is 26.7 Å². The number of nitrogens with two attached hydrogens (primary N) is 1. The van der Waals surface area contributed by atoms with E-state index in [2.05, 4.69) is 5.32 Å². The fourth-order valence-electron chi connectivity index (χ4n) is 1.30. The molecule has 6 nitrogen and oxygen atoms in total. The van der Waals surface area contributed by atoms with Crippen molar-refractivity contribution in [3.05, 3.63) is 29.3 Å². The number of sulfonamides is 1. The first-order chi connectivity index (χ1) is 9.12. The summed E-state index contributed by atoms with van der Waals surface area (Å²) in [5, 5.41) is 7.00. The van der Waals surface area contributed by atoms with Crippen LogP contribution in [0.15, 0.2) is 17.0 Å². The fraction of sp³-hybridized carbons (Fsp3) is 0.300. The second-order valence-electron chi connectivity index (χ2n) is 3.84. The summed E-state index contributed by atoms with van der Waals surface area (Å²) in [6, 6.07) is 1.04. The van der Waals surface area contributed by atoms with E-state index in [1.54, 1.807) is 0 Å². The van der Waals surface area contributed by atoms with E-state index >= 15 is 0 Å². The van der Waals surface area contributed by atoms with Gasteiger partial charge in [0, 0.05) is 29.4 Å². The largest absolute Gasteiger partial charge is 0.351 e. The predicted octanol–water partition coefficient (Wildman–Crippen LogP) is -0.279. The van der Waals surface area contributed by atoms with Crippen LogP contribution in [0.5, 0.6) is 0 Å². The first-order valence-electron chi connectivity index (χ1n) is 5.23. The van der Waals surface area contributed by atoms with E-state index in [1.165, 1.54) is 6.26 Å². The lowest BCUT2D eigenvalue weighted by molar-refractivity contribution is 0.0951. The van der Waals surface area contributed by atoms with Crippen LogP contribution in [0, 0.1) is 11.6 Å². The molecule has 1 aromatic rings. The summed E-state index contributed by atoms with van der Waals surface area (Å²) >= 11 is 0. The molecule has 1 rings (SSSR count). The van der Waals surface area contributed by atoms with Gasteiger partial charge in [0.1, 0.15) is 0 Å². The SMILES string of the molecule is CS(=O)CCNC(=O)c1cc(S(N)(=O)=O)cc(F)c1F. The molecular weight excluding hydrogens is 314 g/mol. The smallest absolute Gasteiger partial charge is 0.254 e. The van der Waals surface area contributed by atoms with Crippen LogP contribution in [-0.4, -0.2) is 37.1 Å².